The van der Waals surface area contributed by atoms with Crippen LogP contribution >= 0.6 is 34.4 Å². The number of nitrogens with zero attached hydrogens (tertiary/aromatic N) is 3. The van der Waals surface area contributed by atoms with Gasteiger partial charge in [0.25, 0.3) is 0 Å². The molecule has 0 spiro atoms. The molecule has 0 atom stereocenters. The second-order valence-electron chi connectivity index (χ2n) is 6.16. The molecule has 144 valence electrons. The van der Waals surface area contributed by atoms with Gasteiger partial charge in [-0.25, -0.2) is 0 Å². The number of para-hydroxylation sites is 2. The molecule has 1 aromatic heterocycles. The van der Waals surface area contributed by atoms with Crippen LogP contribution in [0, 0.1) is 3.57 Å². The second kappa shape index (κ2) is 9.23. The van der Waals surface area contributed by atoms with E-state index in [9.17, 15) is 4.79 Å². The number of nitrogens with one attached hydrogen (secondary N) is 1. The van der Waals surface area contributed by atoms with Gasteiger partial charge >= 0.3 is 0 Å². The van der Waals surface area contributed by atoms with E-state index in [2.05, 4.69) is 38.1 Å². The molecule has 0 bridgehead atoms. The molecular weight excluding hydrogens is 495 g/mol. The minimum atomic E-state index is -0.0806. The molecule has 5 nitrogen and oxygen atoms in total. The van der Waals surface area contributed by atoms with Crippen molar-refractivity contribution in [1.29, 1.82) is 0 Å². The Kier molecular flexibility index (Phi) is 6.26. The fourth-order valence-electron chi connectivity index (χ4n) is 2.83. The smallest absolute Gasteiger partial charge is 0.234 e. The molecule has 1 N–H and O–H groups in total. The Morgan fingerprint density at radius 2 is 1.55 bits per heavy atom. The van der Waals surface area contributed by atoms with Crippen molar-refractivity contribution in [3.05, 3.63) is 88.5 Å². The number of amides is 1. The summed E-state index contributed by atoms with van der Waals surface area (Å²) < 4.78 is 2.99. The lowest BCUT2D eigenvalue weighted by molar-refractivity contribution is -0.113. The number of hydrogen-bond acceptors (Lipinski definition) is 4. The normalized spacial score (nSPS) is 10.7. The third kappa shape index (κ3) is 4.68. The van der Waals surface area contributed by atoms with Crippen molar-refractivity contribution in [2.75, 3.05) is 11.1 Å². The third-order valence-corrected chi connectivity index (χ3v) is 6.03. The Hall–Kier alpha value is -2.65. The highest BCUT2D eigenvalue weighted by Crippen LogP contribution is 2.28. The van der Waals surface area contributed by atoms with Crippen molar-refractivity contribution in [2.45, 2.75) is 5.16 Å². The first-order valence-electron chi connectivity index (χ1n) is 8.96. The summed E-state index contributed by atoms with van der Waals surface area (Å²) in [5, 5.41) is 12.4. The summed E-state index contributed by atoms with van der Waals surface area (Å²) in [7, 11) is 0. The van der Waals surface area contributed by atoms with Crippen LogP contribution in [0.1, 0.15) is 0 Å². The molecular formula is C22H17IN4OS. The molecule has 4 rings (SSSR count). The number of carbonyl (C=O) groups is 1. The van der Waals surface area contributed by atoms with Gasteiger partial charge in [-0.3, -0.25) is 9.36 Å². The highest BCUT2D eigenvalue weighted by atomic mass is 127. The topological polar surface area (TPSA) is 59.8 Å². The quantitative estimate of drug-likeness (QED) is 0.283. The van der Waals surface area contributed by atoms with Crippen molar-refractivity contribution in [1.82, 2.24) is 14.8 Å². The van der Waals surface area contributed by atoms with Crippen LogP contribution in [0.2, 0.25) is 0 Å². The third-order valence-electron chi connectivity index (χ3n) is 4.16. The summed E-state index contributed by atoms with van der Waals surface area (Å²) in [5.74, 6) is 0.908. The molecule has 0 saturated heterocycles. The van der Waals surface area contributed by atoms with E-state index in [4.69, 9.17) is 0 Å². The maximum absolute atomic E-state index is 12.5. The standard InChI is InChI=1S/C22H17IN4OS/c23-18-13-7-8-14-19(18)24-20(28)15-29-22-26-25-21(16-9-3-1-4-10-16)27(22)17-11-5-2-6-12-17/h1-14H,15H2,(H,24,28). The van der Waals surface area contributed by atoms with Gasteiger partial charge in [0.1, 0.15) is 0 Å². The van der Waals surface area contributed by atoms with Crippen molar-refractivity contribution >= 4 is 45.9 Å². The number of rotatable bonds is 6. The summed E-state index contributed by atoms with van der Waals surface area (Å²) in [6.45, 7) is 0. The van der Waals surface area contributed by atoms with E-state index in [0.717, 1.165) is 26.3 Å². The molecule has 0 unspecified atom stereocenters. The molecule has 0 saturated carbocycles. The summed E-state index contributed by atoms with van der Waals surface area (Å²) >= 11 is 3.57. The second-order valence-corrected chi connectivity index (χ2v) is 8.26. The van der Waals surface area contributed by atoms with E-state index in [-0.39, 0.29) is 11.7 Å². The van der Waals surface area contributed by atoms with Gasteiger partial charge in [0.05, 0.1) is 11.4 Å². The van der Waals surface area contributed by atoms with Crippen LogP contribution in [-0.2, 0) is 4.79 Å². The van der Waals surface area contributed by atoms with Gasteiger partial charge in [0, 0.05) is 14.8 Å². The van der Waals surface area contributed by atoms with E-state index in [1.165, 1.54) is 11.8 Å². The molecule has 1 heterocycles. The van der Waals surface area contributed by atoms with Crippen LogP contribution < -0.4 is 5.32 Å². The Bertz CT molecular complexity index is 1120. The van der Waals surface area contributed by atoms with Crippen molar-refractivity contribution < 1.29 is 4.79 Å². The number of benzene rings is 3. The number of carbonyl (C=O) groups excluding carboxylic acids is 1. The number of anilines is 1. The van der Waals surface area contributed by atoms with Gasteiger partial charge in [-0.2, -0.15) is 0 Å². The molecule has 1 amide bonds. The molecule has 29 heavy (non-hydrogen) atoms. The fraction of sp³-hybridized carbons (Fsp3) is 0.0455. The van der Waals surface area contributed by atoms with E-state index in [1.54, 1.807) is 0 Å². The largest absolute Gasteiger partial charge is 0.324 e. The Balaban J connectivity index is 1.58. The Morgan fingerprint density at radius 3 is 2.28 bits per heavy atom. The van der Waals surface area contributed by atoms with Crippen LogP contribution in [0.25, 0.3) is 17.1 Å². The van der Waals surface area contributed by atoms with E-state index in [0.29, 0.717) is 5.16 Å². The Labute approximate surface area is 186 Å². The van der Waals surface area contributed by atoms with E-state index in [1.807, 2.05) is 89.5 Å². The van der Waals surface area contributed by atoms with Gasteiger partial charge in [-0.05, 0) is 46.9 Å². The summed E-state index contributed by atoms with van der Waals surface area (Å²) in [4.78, 5) is 12.5. The molecule has 0 aliphatic heterocycles. The van der Waals surface area contributed by atoms with Gasteiger partial charge in [-0.1, -0.05) is 72.4 Å². The van der Waals surface area contributed by atoms with Crippen molar-refractivity contribution in [3.8, 4) is 17.1 Å². The highest BCUT2D eigenvalue weighted by Gasteiger charge is 2.17. The molecule has 4 aromatic rings. The number of halogens is 1. The van der Waals surface area contributed by atoms with Crippen LogP contribution in [0.4, 0.5) is 5.69 Å². The Morgan fingerprint density at radius 1 is 0.897 bits per heavy atom. The SMILES string of the molecule is O=C(CSc1nnc(-c2ccccc2)n1-c1ccccc1)Nc1ccccc1I. The maximum Gasteiger partial charge on any atom is 0.234 e. The average molecular weight is 512 g/mol. The lowest BCUT2D eigenvalue weighted by Gasteiger charge is -2.10. The van der Waals surface area contributed by atoms with Gasteiger partial charge in [0.2, 0.25) is 5.91 Å². The van der Waals surface area contributed by atoms with Crippen LogP contribution in [-0.4, -0.2) is 26.4 Å². The maximum atomic E-state index is 12.5. The van der Waals surface area contributed by atoms with Gasteiger partial charge in [-0.15, -0.1) is 10.2 Å². The summed E-state index contributed by atoms with van der Waals surface area (Å²) in [5.41, 5.74) is 2.74. The highest BCUT2D eigenvalue weighted by molar-refractivity contribution is 14.1. The van der Waals surface area contributed by atoms with Crippen LogP contribution in [0.15, 0.2) is 90.1 Å². The fourth-order valence-corrected chi connectivity index (χ4v) is 4.10. The van der Waals surface area contributed by atoms with E-state index < -0.39 is 0 Å². The van der Waals surface area contributed by atoms with Gasteiger partial charge < -0.3 is 5.32 Å². The monoisotopic (exact) mass is 512 g/mol. The predicted octanol–water partition coefficient (Wildman–Crippen LogP) is 5.27. The molecule has 0 fully saturated rings. The molecule has 7 heteroatoms. The van der Waals surface area contributed by atoms with Crippen LogP contribution in [0.3, 0.4) is 0 Å². The first-order chi connectivity index (χ1) is 14.2. The van der Waals surface area contributed by atoms with Crippen LogP contribution in [0.5, 0.6) is 0 Å². The number of hydrogen-bond donors (Lipinski definition) is 1. The number of thioether (sulfide) groups is 1. The van der Waals surface area contributed by atoms with Gasteiger partial charge in [0.15, 0.2) is 11.0 Å². The lowest BCUT2D eigenvalue weighted by atomic mass is 10.2. The molecule has 0 radical (unpaired) electrons. The zero-order valence-corrected chi connectivity index (χ0v) is 18.3. The first-order valence-corrected chi connectivity index (χ1v) is 11.0. The average Bonchev–Trinajstić information content (AvgIpc) is 3.19. The predicted molar refractivity (Wildman–Crippen MR) is 125 cm³/mol. The first kappa shape index (κ1) is 19.7. The van der Waals surface area contributed by atoms with E-state index >= 15 is 0 Å². The zero-order chi connectivity index (χ0) is 20.1. The molecule has 0 aliphatic carbocycles. The molecule has 0 aliphatic rings. The van der Waals surface area contributed by atoms with Crippen molar-refractivity contribution in [3.63, 3.8) is 0 Å². The summed E-state index contributed by atoms with van der Waals surface area (Å²) in [6, 6.07) is 27.6. The molecule has 3 aromatic carbocycles. The van der Waals surface area contributed by atoms with Crippen molar-refractivity contribution in [2.24, 2.45) is 0 Å². The zero-order valence-electron chi connectivity index (χ0n) is 15.3. The lowest BCUT2D eigenvalue weighted by Crippen LogP contribution is -2.15. The minimum Gasteiger partial charge on any atom is -0.324 e. The minimum absolute atomic E-state index is 0.0806. The number of aromatic nitrogens is 3. The summed E-state index contributed by atoms with van der Waals surface area (Å²) in [6.07, 6.45) is 0.